The van der Waals surface area contributed by atoms with Crippen molar-refractivity contribution in [2.24, 2.45) is 4.99 Å². The van der Waals surface area contributed by atoms with Crippen LogP contribution in [0.3, 0.4) is 0 Å². The summed E-state index contributed by atoms with van der Waals surface area (Å²) in [6, 6.07) is 0.296. The molecule has 0 bridgehead atoms. The van der Waals surface area contributed by atoms with Gasteiger partial charge < -0.3 is 19.7 Å². The molecule has 0 aromatic rings. The van der Waals surface area contributed by atoms with Gasteiger partial charge >= 0.3 is 6.09 Å². The Morgan fingerprint density at radius 2 is 1.65 bits per heavy atom. The molecule has 196 valence electrons. The lowest BCUT2D eigenvalue weighted by atomic mass is 10.0. The van der Waals surface area contributed by atoms with Gasteiger partial charge in [0, 0.05) is 62.9 Å². The quantitative estimate of drug-likeness (QED) is 0.311. The Bertz CT molecular complexity index is 796. The van der Waals surface area contributed by atoms with Gasteiger partial charge in [-0.15, -0.1) is 13.2 Å². The van der Waals surface area contributed by atoms with Crippen molar-refractivity contribution in [1.29, 1.82) is 0 Å². The monoisotopic (exact) mass is 500 g/mol. The Hall–Kier alpha value is -1.91. The van der Waals surface area contributed by atoms with Gasteiger partial charge in [0.05, 0.1) is 12.4 Å². The largest absolute Gasteiger partial charge is 0.474 e. The Labute approximate surface area is 206 Å². The third kappa shape index (κ3) is 9.76. The van der Waals surface area contributed by atoms with Crippen molar-refractivity contribution in [3.05, 3.63) is 24.6 Å². The number of nitrogens with one attached hydrogen (secondary N) is 1. The van der Waals surface area contributed by atoms with Crippen LogP contribution in [0.4, 0.5) is 4.79 Å². The molecule has 1 unspecified atom stereocenters. The van der Waals surface area contributed by atoms with Crippen LogP contribution in [0.5, 0.6) is 0 Å². The number of carbonyl (C=O) groups excluding carboxylic acids is 1. The van der Waals surface area contributed by atoms with Gasteiger partial charge in [-0.1, -0.05) is 0 Å². The zero-order valence-electron chi connectivity index (χ0n) is 21.7. The fourth-order valence-corrected chi connectivity index (χ4v) is 4.82. The molecule has 0 aromatic carbocycles. The molecular formula is C24H44N4O5S. The summed E-state index contributed by atoms with van der Waals surface area (Å²) >= 11 is 0. The molecule has 2 rings (SSSR count). The fourth-order valence-electron chi connectivity index (χ4n) is 3.95. The summed E-state index contributed by atoms with van der Waals surface area (Å²) in [4.78, 5) is 18.3. The van der Waals surface area contributed by atoms with Crippen molar-refractivity contribution in [2.45, 2.75) is 84.6 Å². The van der Waals surface area contributed by atoms with Gasteiger partial charge in [-0.2, -0.15) is 0 Å². The number of carbonyl (C=O) groups is 1. The summed E-state index contributed by atoms with van der Waals surface area (Å²) in [5.74, 6) is 0.615. The van der Waals surface area contributed by atoms with Crippen LogP contribution in [0.25, 0.3) is 0 Å². The molecule has 0 saturated carbocycles. The van der Waals surface area contributed by atoms with E-state index in [4.69, 9.17) is 9.47 Å². The minimum absolute atomic E-state index is 0.00282. The van der Waals surface area contributed by atoms with E-state index in [-0.39, 0.29) is 30.4 Å². The molecule has 2 aliphatic heterocycles. The first-order chi connectivity index (χ1) is 16.0. The lowest BCUT2D eigenvalue weighted by molar-refractivity contribution is 0.0300. The lowest BCUT2D eigenvalue weighted by Gasteiger charge is -2.34. The molecule has 2 aliphatic rings. The number of hydrogen-bond acceptors (Lipinski definition) is 7. The Kier molecular flexibility index (Phi) is 12.8. The number of nitrogens with zero attached hydrogens (tertiary/aromatic N) is 3. The molecule has 1 atom stereocenters. The Morgan fingerprint density at radius 3 is 2.12 bits per heavy atom. The molecule has 0 aliphatic carbocycles. The summed E-state index contributed by atoms with van der Waals surface area (Å²) in [5.41, 5.74) is 1.01. The second-order valence-electron chi connectivity index (χ2n) is 8.94. The maximum absolute atomic E-state index is 12.1. The molecular weight excluding hydrogens is 456 g/mol. The van der Waals surface area contributed by atoms with Gasteiger partial charge in [-0.25, -0.2) is 22.5 Å². The average molecular weight is 501 g/mol. The van der Waals surface area contributed by atoms with Gasteiger partial charge in [0.1, 0.15) is 6.10 Å². The maximum atomic E-state index is 12.1. The standard InChI is InChI=1S/C22H40N4O5S.C2H4/c1-7-23-21(31-20-10-12-25(13-11-20)22(27)30-16(2)3)17(4)18(5)24-19-8-14-26(15-9-19)32(6,28)29;1-2/h7,16,18-20,24H,8-15H2,1-6H3;1-2H2/b21-17+,23-7-;. The first-order valence-electron chi connectivity index (χ1n) is 12.0. The number of sulfonamides is 1. The summed E-state index contributed by atoms with van der Waals surface area (Å²) in [5, 5.41) is 3.60. The normalized spacial score (nSPS) is 20.5. The molecule has 2 saturated heterocycles. The van der Waals surface area contributed by atoms with E-state index < -0.39 is 10.0 Å². The van der Waals surface area contributed by atoms with E-state index in [2.05, 4.69) is 30.4 Å². The highest BCUT2D eigenvalue weighted by Crippen LogP contribution is 2.22. The molecule has 1 amide bonds. The number of aliphatic imine (C=N–C) groups is 1. The first kappa shape index (κ1) is 30.1. The second-order valence-corrected chi connectivity index (χ2v) is 10.9. The van der Waals surface area contributed by atoms with E-state index in [0.717, 1.165) is 31.3 Å². The highest BCUT2D eigenvalue weighted by atomic mass is 32.2. The number of hydrogen-bond donors (Lipinski definition) is 1. The van der Waals surface area contributed by atoms with Crippen LogP contribution in [0, 0.1) is 0 Å². The van der Waals surface area contributed by atoms with Gasteiger partial charge in [-0.3, -0.25) is 0 Å². The summed E-state index contributed by atoms with van der Waals surface area (Å²) in [7, 11) is -3.12. The number of ether oxygens (including phenoxy) is 2. The van der Waals surface area contributed by atoms with Gasteiger partial charge in [0.15, 0.2) is 0 Å². The number of piperidine rings is 2. The average Bonchev–Trinajstić information content (AvgIpc) is 2.79. The van der Waals surface area contributed by atoms with Crippen molar-refractivity contribution < 1.29 is 22.7 Å². The molecule has 34 heavy (non-hydrogen) atoms. The predicted molar refractivity (Wildman–Crippen MR) is 137 cm³/mol. The van der Waals surface area contributed by atoms with E-state index in [1.54, 1.807) is 11.1 Å². The van der Waals surface area contributed by atoms with Crippen molar-refractivity contribution in [2.75, 3.05) is 32.4 Å². The van der Waals surface area contributed by atoms with Crippen molar-refractivity contribution in [1.82, 2.24) is 14.5 Å². The van der Waals surface area contributed by atoms with E-state index >= 15 is 0 Å². The van der Waals surface area contributed by atoms with Gasteiger partial charge in [0.2, 0.25) is 15.9 Å². The van der Waals surface area contributed by atoms with E-state index in [9.17, 15) is 13.2 Å². The maximum Gasteiger partial charge on any atom is 0.410 e. The van der Waals surface area contributed by atoms with Crippen LogP contribution >= 0.6 is 0 Å². The molecule has 1 N–H and O–H groups in total. The molecule has 0 spiro atoms. The third-order valence-electron chi connectivity index (χ3n) is 5.96. The minimum Gasteiger partial charge on any atom is -0.474 e. The SMILES string of the molecule is C/C=N\C(OC1CCN(C(=O)OC(C)C)CC1)=C(\C)C(C)NC1CCN(S(C)(=O)=O)CC1.C=C. The highest BCUT2D eigenvalue weighted by molar-refractivity contribution is 7.88. The van der Waals surface area contributed by atoms with Crippen LogP contribution < -0.4 is 5.32 Å². The van der Waals surface area contributed by atoms with Crippen LogP contribution in [-0.4, -0.2) is 86.7 Å². The number of rotatable bonds is 8. The van der Waals surface area contributed by atoms with Crippen molar-refractivity contribution in [3.63, 3.8) is 0 Å². The molecule has 0 aromatic heterocycles. The van der Waals surface area contributed by atoms with Gasteiger partial charge in [-0.05, 0) is 47.5 Å². The molecule has 2 heterocycles. The minimum atomic E-state index is -3.12. The summed E-state index contributed by atoms with van der Waals surface area (Å²) in [6.07, 6.45) is 5.62. The van der Waals surface area contributed by atoms with Crippen molar-refractivity contribution in [3.8, 4) is 0 Å². The molecule has 9 nitrogen and oxygen atoms in total. The molecule has 2 fully saturated rings. The van der Waals surface area contributed by atoms with Gasteiger partial charge in [0.25, 0.3) is 0 Å². The zero-order chi connectivity index (χ0) is 25.9. The van der Waals surface area contributed by atoms with Crippen LogP contribution in [0.15, 0.2) is 29.6 Å². The zero-order valence-corrected chi connectivity index (χ0v) is 22.6. The fraction of sp³-hybridized carbons (Fsp3) is 0.750. The van der Waals surface area contributed by atoms with Crippen LogP contribution in [0.1, 0.15) is 60.3 Å². The topological polar surface area (TPSA) is 101 Å². The summed E-state index contributed by atoms with van der Waals surface area (Å²) in [6.45, 7) is 17.9. The van der Waals surface area contributed by atoms with Crippen LogP contribution in [0.2, 0.25) is 0 Å². The Morgan fingerprint density at radius 1 is 1.09 bits per heavy atom. The lowest BCUT2D eigenvalue weighted by Crippen LogP contribution is -2.47. The molecule has 0 radical (unpaired) electrons. The highest BCUT2D eigenvalue weighted by Gasteiger charge is 2.28. The Balaban J connectivity index is 0.00000281. The molecule has 10 heteroatoms. The van der Waals surface area contributed by atoms with Crippen molar-refractivity contribution >= 4 is 22.3 Å². The smallest absolute Gasteiger partial charge is 0.410 e. The second kappa shape index (κ2) is 14.5. The third-order valence-corrected chi connectivity index (χ3v) is 7.26. The van der Waals surface area contributed by atoms with Crippen LogP contribution in [-0.2, 0) is 19.5 Å². The predicted octanol–water partition coefficient (Wildman–Crippen LogP) is 3.54. The van der Waals surface area contributed by atoms with E-state index in [1.807, 2.05) is 27.7 Å². The summed E-state index contributed by atoms with van der Waals surface area (Å²) < 4.78 is 36.5. The van der Waals surface area contributed by atoms with E-state index in [0.29, 0.717) is 32.1 Å². The number of likely N-dealkylation sites (tertiary alicyclic amines) is 1. The first-order valence-corrected chi connectivity index (χ1v) is 13.9. The van der Waals surface area contributed by atoms with E-state index in [1.165, 1.54) is 10.6 Å². The number of amides is 1.